The number of benzene rings is 4. The van der Waals surface area contributed by atoms with Crippen molar-refractivity contribution >= 4 is 28.0 Å². The highest BCUT2D eigenvalue weighted by Crippen LogP contribution is 2.38. The van der Waals surface area contributed by atoms with Crippen LogP contribution in [0.4, 0.5) is 4.39 Å². The third-order valence-corrected chi connectivity index (χ3v) is 5.81. The van der Waals surface area contributed by atoms with Gasteiger partial charge in [0.05, 0.1) is 6.20 Å². The zero-order chi connectivity index (χ0) is 26.1. The van der Waals surface area contributed by atoms with Crippen molar-refractivity contribution in [2.45, 2.75) is 0 Å². The normalized spacial score (nSPS) is 11.1. The number of aromatic nitrogens is 3. The molecule has 2 heterocycles. The summed E-state index contributed by atoms with van der Waals surface area (Å²) >= 11 is 0. The minimum absolute atomic E-state index is 0.00549. The molecule has 6 aromatic rings. The number of para-hydroxylation sites is 2. The summed E-state index contributed by atoms with van der Waals surface area (Å²) in [7, 11) is 0. The van der Waals surface area contributed by atoms with Crippen molar-refractivity contribution < 1.29 is 28.2 Å². The molecule has 0 saturated heterocycles. The second kappa shape index (κ2) is 9.62. The van der Waals surface area contributed by atoms with Crippen LogP contribution < -0.4 is 9.47 Å². The van der Waals surface area contributed by atoms with E-state index in [9.17, 15) is 9.18 Å². The Balaban J connectivity index is 1.44. The standard InChI is InChI=1S/C29H18FN3O5/c30-22-10-4-6-12-25(22)37-29-31-15-23-28(33-29)38-27(32-23)21-14-18(13-17-7-1-2-8-19(17)21)20-9-3-5-11-24(20)36-16-26(34)35/h1-15H,16H2,(H,34,35). The van der Waals surface area contributed by atoms with E-state index < -0.39 is 18.4 Å². The molecular weight excluding hydrogens is 489 g/mol. The first-order valence-corrected chi connectivity index (χ1v) is 11.6. The van der Waals surface area contributed by atoms with Crippen LogP contribution in [0, 0.1) is 5.82 Å². The van der Waals surface area contributed by atoms with Crippen molar-refractivity contribution in [2.75, 3.05) is 6.61 Å². The van der Waals surface area contributed by atoms with Crippen molar-refractivity contribution in [1.29, 1.82) is 0 Å². The first-order valence-electron chi connectivity index (χ1n) is 11.6. The molecule has 38 heavy (non-hydrogen) atoms. The molecule has 0 atom stereocenters. The van der Waals surface area contributed by atoms with Crippen molar-refractivity contribution in [1.82, 2.24) is 15.0 Å². The molecule has 0 spiro atoms. The lowest BCUT2D eigenvalue weighted by molar-refractivity contribution is -0.139. The fraction of sp³-hybridized carbons (Fsp3) is 0.0345. The zero-order valence-corrected chi connectivity index (χ0v) is 19.7. The van der Waals surface area contributed by atoms with Crippen molar-refractivity contribution in [3.63, 3.8) is 0 Å². The number of carbonyl (C=O) groups is 1. The number of fused-ring (bicyclic) bond motifs is 2. The molecule has 0 aliphatic rings. The van der Waals surface area contributed by atoms with E-state index in [2.05, 4.69) is 15.0 Å². The lowest BCUT2D eigenvalue weighted by Gasteiger charge is -2.12. The molecule has 0 fully saturated rings. The smallest absolute Gasteiger partial charge is 0.341 e. The molecule has 0 unspecified atom stereocenters. The van der Waals surface area contributed by atoms with E-state index in [-0.39, 0.29) is 17.5 Å². The van der Waals surface area contributed by atoms with E-state index in [1.54, 1.807) is 24.3 Å². The number of halogens is 1. The predicted octanol–water partition coefficient (Wildman–Crippen LogP) is 6.50. The molecule has 0 bridgehead atoms. The summed E-state index contributed by atoms with van der Waals surface area (Å²) in [5.74, 6) is -0.863. The third-order valence-electron chi connectivity index (χ3n) is 5.81. The maximum Gasteiger partial charge on any atom is 0.341 e. The first kappa shape index (κ1) is 23.1. The summed E-state index contributed by atoms with van der Waals surface area (Å²) in [6.45, 7) is -0.460. The summed E-state index contributed by atoms with van der Waals surface area (Å²) in [4.78, 5) is 24.1. The summed E-state index contributed by atoms with van der Waals surface area (Å²) in [5.41, 5.74) is 2.79. The van der Waals surface area contributed by atoms with E-state index in [1.807, 2.05) is 48.5 Å². The van der Waals surface area contributed by atoms with Crippen LogP contribution in [0.3, 0.4) is 0 Å². The number of nitrogens with zero attached hydrogens (tertiary/aromatic N) is 3. The Hall–Kier alpha value is -5.31. The number of hydrogen-bond donors (Lipinski definition) is 1. The van der Waals surface area contributed by atoms with E-state index in [0.717, 1.165) is 21.9 Å². The van der Waals surface area contributed by atoms with Gasteiger partial charge in [-0.15, -0.1) is 0 Å². The molecule has 0 saturated carbocycles. The number of oxazole rings is 1. The SMILES string of the molecule is O=C(O)COc1ccccc1-c1cc(-c2nc3cnc(Oc4ccccc4F)nc3o2)c2ccccc2c1. The summed E-state index contributed by atoms with van der Waals surface area (Å²) in [6.07, 6.45) is 1.45. The molecule has 0 radical (unpaired) electrons. The Morgan fingerprint density at radius 1 is 0.895 bits per heavy atom. The van der Waals surface area contributed by atoms with Gasteiger partial charge in [-0.2, -0.15) is 4.98 Å². The van der Waals surface area contributed by atoms with E-state index in [1.165, 1.54) is 18.3 Å². The Labute approximate surface area is 214 Å². The van der Waals surface area contributed by atoms with Gasteiger partial charge in [0.1, 0.15) is 11.3 Å². The zero-order valence-electron chi connectivity index (χ0n) is 19.7. The van der Waals surface area contributed by atoms with Crippen LogP contribution in [0.1, 0.15) is 0 Å². The molecule has 4 aromatic carbocycles. The maximum absolute atomic E-state index is 14.0. The minimum atomic E-state index is -1.06. The van der Waals surface area contributed by atoms with Crippen LogP contribution in [0.25, 0.3) is 44.6 Å². The minimum Gasteiger partial charge on any atom is -0.481 e. The topological polar surface area (TPSA) is 108 Å². The van der Waals surface area contributed by atoms with Gasteiger partial charge in [-0.1, -0.05) is 54.6 Å². The Kier molecular flexibility index (Phi) is 5.85. The van der Waals surface area contributed by atoms with Gasteiger partial charge < -0.3 is 19.0 Å². The van der Waals surface area contributed by atoms with Gasteiger partial charge >= 0.3 is 12.0 Å². The number of hydrogen-bond acceptors (Lipinski definition) is 7. The van der Waals surface area contributed by atoms with Gasteiger partial charge in [0.25, 0.3) is 5.71 Å². The molecule has 0 aliphatic heterocycles. The molecule has 8 nitrogen and oxygen atoms in total. The van der Waals surface area contributed by atoms with Crippen molar-refractivity contribution in [3.8, 4) is 40.1 Å². The quantitative estimate of drug-likeness (QED) is 0.261. The average Bonchev–Trinajstić information content (AvgIpc) is 3.36. The fourth-order valence-electron chi connectivity index (χ4n) is 4.12. The molecule has 1 N–H and O–H groups in total. The molecular formula is C29H18FN3O5. The predicted molar refractivity (Wildman–Crippen MR) is 138 cm³/mol. The fourth-order valence-corrected chi connectivity index (χ4v) is 4.12. The largest absolute Gasteiger partial charge is 0.481 e. The van der Waals surface area contributed by atoms with Crippen LogP contribution >= 0.6 is 0 Å². The van der Waals surface area contributed by atoms with Crippen LogP contribution in [-0.4, -0.2) is 32.6 Å². The van der Waals surface area contributed by atoms with Crippen LogP contribution in [0.15, 0.2) is 95.5 Å². The molecule has 186 valence electrons. The molecule has 9 heteroatoms. The summed E-state index contributed by atoms with van der Waals surface area (Å²) in [5, 5.41) is 10.9. The third kappa shape index (κ3) is 4.48. The van der Waals surface area contributed by atoms with Gasteiger partial charge in [-0.05, 0) is 46.7 Å². The van der Waals surface area contributed by atoms with Gasteiger partial charge in [0.2, 0.25) is 5.89 Å². The van der Waals surface area contributed by atoms with Gasteiger partial charge in [-0.25, -0.2) is 19.2 Å². The van der Waals surface area contributed by atoms with E-state index >= 15 is 0 Å². The Bertz CT molecular complexity index is 1820. The van der Waals surface area contributed by atoms with Gasteiger partial charge in [0.15, 0.2) is 18.2 Å². The highest BCUT2D eigenvalue weighted by molar-refractivity contribution is 5.99. The van der Waals surface area contributed by atoms with Crippen molar-refractivity contribution in [2.24, 2.45) is 0 Å². The molecule has 6 rings (SSSR count). The lowest BCUT2D eigenvalue weighted by atomic mass is 9.96. The lowest BCUT2D eigenvalue weighted by Crippen LogP contribution is -2.09. The highest BCUT2D eigenvalue weighted by atomic mass is 19.1. The molecule has 0 amide bonds. The highest BCUT2D eigenvalue weighted by Gasteiger charge is 2.17. The second-order valence-corrected chi connectivity index (χ2v) is 8.32. The number of carboxylic acid groups (broad SMARTS) is 1. The summed E-state index contributed by atoms with van der Waals surface area (Å²) in [6, 6.07) is 24.7. The van der Waals surface area contributed by atoms with E-state index in [0.29, 0.717) is 22.7 Å². The number of rotatable bonds is 7. The average molecular weight is 507 g/mol. The monoisotopic (exact) mass is 507 g/mol. The molecule has 2 aromatic heterocycles. The molecule has 0 aliphatic carbocycles. The second-order valence-electron chi connectivity index (χ2n) is 8.32. The van der Waals surface area contributed by atoms with Gasteiger partial charge in [-0.3, -0.25) is 0 Å². The van der Waals surface area contributed by atoms with Gasteiger partial charge in [0, 0.05) is 11.1 Å². The summed E-state index contributed by atoms with van der Waals surface area (Å²) < 4.78 is 31.1. The van der Waals surface area contributed by atoms with Crippen LogP contribution in [0.5, 0.6) is 17.5 Å². The van der Waals surface area contributed by atoms with E-state index in [4.69, 9.17) is 19.0 Å². The van der Waals surface area contributed by atoms with Crippen molar-refractivity contribution in [3.05, 3.63) is 96.9 Å². The first-order chi connectivity index (χ1) is 18.5. The Morgan fingerprint density at radius 2 is 1.66 bits per heavy atom. The van der Waals surface area contributed by atoms with Crippen LogP contribution in [0.2, 0.25) is 0 Å². The van der Waals surface area contributed by atoms with Crippen LogP contribution in [-0.2, 0) is 4.79 Å². The number of ether oxygens (including phenoxy) is 2. The number of carboxylic acids is 1. The maximum atomic E-state index is 14.0. The Morgan fingerprint density at radius 3 is 2.50 bits per heavy atom. The number of aliphatic carboxylic acids is 1.